The molecule has 0 spiro atoms. The lowest BCUT2D eigenvalue weighted by Gasteiger charge is -1.97. The summed E-state index contributed by atoms with van der Waals surface area (Å²) in [5, 5.41) is 0. The first-order valence-electron chi connectivity index (χ1n) is 5.52. The van der Waals surface area contributed by atoms with Gasteiger partial charge in [-0.05, 0) is 5.56 Å². The molecular weight excluding hydrogens is 210 g/mol. The van der Waals surface area contributed by atoms with Crippen LogP contribution < -0.4 is 4.57 Å². The molecule has 0 atom stereocenters. The molecule has 0 bridgehead atoms. The van der Waals surface area contributed by atoms with Gasteiger partial charge in [0.15, 0.2) is 12.4 Å². The summed E-state index contributed by atoms with van der Waals surface area (Å²) in [6.45, 7) is 1.58. The number of Topliss-reactive ketones (excluding diaryl/α,β-unsaturated/α-hetero) is 1. The minimum atomic E-state index is 0.0463. The van der Waals surface area contributed by atoms with Gasteiger partial charge in [0.05, 0.1) is 0 Å². The Morgan fingerprint density at radius 3 is 2.18 bits per heavy atom. The standard InChI is InChI=1S/C15H14NO/c1-13(17)15(16-10-6-3-7-11-16)12-14-8-4-2-5-9-14/h2-12H,1H3/q+1. The second-order valence-corrected chi connectivity index (χ2v) is 3.78. The molecule has 0 N–H and O–H groups in total. The van der Waals surface area contributed by atoms with E-state index in [1.165, 1.54) is 0 Å². The molecule has 0 aliphatic heterocycles. The Bertz CT molecular complexity index is 529. The summed E-state index contributed by atoms with van der Waals surface area (Å²) in [6.07, 6.45) is 5.63. The molecule has 17 heavy (non-hydrogen) atoms. The van der Waals surface area contributed by atoms with E-state index >= 15 is 0 Å². The third-order valence-electron chi connectivity index (χ3n) is 2.46. The SMILES string of the molecule is CC(=O)C(=Cc1ccccc1)[n+]1ccccc1. The van der Waals surface area contributed by atoms with Crippen LogP contribution in [0, 0.1) is 0 Å². The summed E-state index contributed by atoms with van der Waals surface area (Å²) in [7, 11) is 0. The van der Waals surface area contributed by atoms with Crippen LogP contribution in [0.25, 0.3) is 11.8 Å². The molecule has 0 unspecified atom stereocenters. The Labute approximate surface area is 101 Å². The summed E-state index contributed by atoms with van der Waals surface area (Å²) < 4.78 is 1.83. The third-order valence-corrected chi connectivity index (χ3v) is 2.46. The average molecular weight is 224 g/mol. The Hall–Kier alpha value is -2.22. The molecule has 2 aromatic rings. The van der Waals surface area contributed by atoms with Crippen LogP contribution in [-0.2, 0) is 4.79 Å². The van der Waals surface area contributed by atoms with Crippen molar-refractivity contribution in [1.82, 2.24) is 0 Å². The van der Waals surface area contributed by atoms with E-state index in [9.17, 15) is 4.79 Å². The Morgan fingerprint density at radius 2 is 1.59 bits per heavy atom. The molecule has 0 aliphatic rings. The van der Waals surface area contributed by atoms with Gasteiger partial charge in [-0.3, -0.25) is 4.79 Å². The summed E-state index contributed by atoms with van der Waals surface area (Å²) in [5.74, 6) is 0.0463. The molecule has 1 heterocycles. The predicted molar refractivity (Wildman–Crippen MR) is 67.9 cm³/mol. The topological polar surface area (TPSA) is 20.9 Å². The Kier molecular flexibility index (Phi) is 3.46. The van der Waals surface area contributed by atoms with Gasteiger partial charge >= 0.3 is 0 Å². The van der Waals surface area contributed by atoms with Crippen LogP contribution in [0.1, 0.15) is 12.5 Å². The van der Waals surface area contributed by atoms with Crippen molar-refractivity contribution in [2.45, 2.75) is 6.92 Å². The summed E-state index contributed by atoms with van der Waals surface area (Å²) in [5.41, 5.74) is 1.69. The largest absolute Gasteiger partial charge is 0.288 e. The van der Waals surface area contributed by atoms with Crippen LogP contribution in [0.2, 0.25) is 0 Å². The molecule has 1 aromatic carbocycles. The van der Waals surface area contributed by atoms with Gasteiger partial charge in [0, 0.05) is 25.1 Å². The highest BCUT2D eigenvalue weighted by Crippen LogP contribution is 2.07. The zero-order chi connectivity index (χ0) is 12.1. The molecule has 0 aliphatic carbocycles. The van der Waals surface area contributed by atoms with E-state index in [1.54, 1.807) is 6.92 Å². The van der Waals surface area contributed by atoms with E-state index in [2.05, 4.69) is 0 Å². The fourth-order valence-corrected chi connectivity index (χ4v) is 1.62. The van der Waals surface area contributed by atoms with E-state index in [4.69, 9.17) is 0 Å². The molecule has 0 amide bonds. The fraction of sp³-hybridized carbons (Fsp3) is 0.0667. The van der Waals surface area contributed by atoms with Gasteiger partial charge in [-0.15, -0.1) is 0 Å². The van der Waals surface area contributed by atoms with Crippen molar-refractivity contribution in [2.75, 3.05) is 0 Å². The maximum Gasteiger partial charge on any atom is 0.254 e. The van der Waals surface area contributed by atoms with E-state index in [0.717, 1.165) is 5.56 Å². The lowest BCUT2D eigenvalue weighted by Crippen LogP contribution is -2.34. The quantitative estimate of drug-likeness (QED) is 0.580. The Morgan fingerprint density at radius 1 is 1.00 bits per heavy atom. The maximum atomic E-state index is 11.7. The predicted octanol–water partition coefficient (Wildman–Crippen LogP) is 2.56. The van der Waals surface area contributed by atoms with Crippen LogP contribution in [0.15, 0.2) is 60.9 Å². The van der Waals surface area contributed by atoms with Gasteiger partial charge in [0.2, 0.25) is 5.78 Å². The number of carbonyl (C=O) groups excluding carboxylic acids is 1. The van der Waals surface area contributed by atoms with Crippen molar-refractivity contribution in [1.29, 1.82) is 0 Å². The smallest absolute Gasteiger partial charge is 0.254 e. The van der Waals surface area contributed by atoms with E-state index in [0.29, 0.717) is 5.70 Å². The van der Waals surface area contributed by atoms with Gasteiger partial charge in [0.1, 0.15) is 0 Å². The highest BCUT2D eigenvalue weighted by Gasteiger charge is 2.14. The van der Waals surface area contributed by atoms with Crippen molar-refractivity contribution >= 4 is 17.6 Å². The van der Waals surface area contributed by atoms with E-state index in [1.807, 2.05) is 71.6 Å². The average Bonchev–Trinajstić information content (AvgIpc) is 2.38. The lowest BCUT2D eigenvalue weighted by molar-refractivity contribution is -0.576. The number of pyridine rings is 1. The summed E-state index contributed by atoms with van der Waals surface area (Å²) >= 11 is 0. The first-order chi connectivity index (χ1) is 8.27. The van der Waals surface area contributed by atoms with E-state index < -0.39 is 0 Å². The van der Waals surface area contributed by atoms with Gasteiger partial charge in [0.25, 0.3) is 5.70 Å². The minimum Gasteiger partial charge on any atom is -0.288 e. The van der Waals surface area contributed by atoms with Crippen molar-refractivity contribution in [2.24, 2.45) is 0 Å². The van der Waals surface area contributed by atoms with Crippen molar-refractivity contribution in [3.8, 4) is 0 Å². The highest BCUT2D eigenvalue weighted by molar-refractivity contribution is 6.14. The highest BCUT2D eigenvalue weighted by atomic mass is 16.1. The maximum absolute atomic E-state index is 11.7. The second kappa shape index (κ2) is 5.21. The molecule has 2 heteroatoms. The number of hydrogen-bond donors (Lipinski definition) is 0. The van der Waals surface area contributed by atoms with Crippen molar-refractivity contribution in [3.63, 3.8) is 0 Å². The normalized spacial score (nSPS) is 11.2. The molecular formula is C15H14NO+. The number of ketones is 1. The first kappa shape index (κ1) is 11.3. The van der Waals surface area contributed by atoms with Gasteiger partial charge in [-0.25, -0.2) is 0 Å². The number of nitrogens with zero attached hydrogens (tertiary/aromatic N) is 1. The van der Waals surface area contributed by atoms with Gasteiger partial charge < -0.3 is 0 Å². The van der Waals surface area contributed by atoms with Crippen LogP contribution in [0.5, 0.6) is 0 Å². The van der Waals surface area contributed by atoms with Gasteiger partial charge in [-0.1, -0.05) is 36.4 Å². The second-order valence-electron chi connectivity index (χ2n) is 3.78. The summed E-state index contributed by atoms with van der Waals surface area (Å²) in [4.78, 5) is 11.7. The minimum absolute atomic E-state index is 0.0463. The monoisotopic (exact) mass is 224 g/mol. The Balaban J connectivity index is 2.44. The van der Waals surface area contributed by atoms with Crippen LogP contribution in [0.3, 0.4) is 0 Å². The number of benzene rings is 1. The zero-order valence-corrected chi connectivity index (χ0v) is 9.71. The molecule has 0 saturated carbocycles. The molecule has 2 rings (SSSR count). The van der Waals surface area contributed by atoms with Crippen LogP contribution in [0.4, 0.5) is 0 Å². The molecule has 0 saturated heterocycles. The molecule has 1 aromatic heterocycles. The molecule has 0 fully saturated rings. The fourth-order valence-electron chi connectivity index (χ4n) is 1.62. The van der Waals surface area contributed by atoms with Crippen LogP contribution >= 0.6 is 0 Å². The molecule has 2 nitrogen and oxygen atoms in total. The summed E-state index contributed by atoms with van der Waals surface area (Å²) in [6, 6.07) is 15.6. The molecule has 84 valence electrons. The number of hydrogen-bond acceptors (Lipinski definition) is 1. The first-order valence-corrected chi connectivity index (χ1v) is 5.52. The van der Waals surface area contributed by atoms with E-state index in [-0.39, 0.29) is 5.78 Å². The van der Waals surface area contributed by atoms with Crippen molar-refractivity contribution < 1.29 is 9.36 Å². The number of carbonyl (C=O) groups is 1. The lowest BCUT2D eigenvalue weighted by atomic mass is 10.1. The van der Waals surface area contributed by atoms with Crippen LogP contribution in [-0.4, -0.2) is 5.78 Å². The third kappa shape index (κ3) is 2.88. The number of aromatic nitrogens is 1. The van der Waals surface area contributed by atoms with Crippen molar-refractivity contribution in [3.05, 3.63) is 66.5 Å². The van der Waals surface area contributed by atoms with Gasteiger partial charge in [-0.2, -0.15) is 4.57 Å². The number of rotatable bonds is 3. The zero-order valence-electron chi connectivity index (χ0n) is 9.71. The number of allylic oxidation sites excluding steroid dienone is 1. The molecule has 0 radical (unpaired) electrons.